The molecule has 0 radical (unpaired) electrons. The quantitative estimate of drug-likeness (QED) is 0.0350. The molecule has 0 amide bonds. The summed E-state index contributed by atoms with van der Waals surface area (Å²) in [6.45, 7) is 10.3. The van der Waals surface area contributed by atoms with Crippen LogP contribution in [0.2, 0.25) is 0 Å². The standard InChI is InChI=1S/C49H93NO5/c1-7-11-14-17-20-21-22-23-24-27-34-40-47(55-49(52)54-44-35-43-50(5)6)42-41-46(48(51)53-10-4)39-33-29-28-32-38-45(36-30-25-18-15-12-8-2)37-31-26-19-16-13-9-3/h20-21,23-24,45-47H,7-19,22,25-44H2,1-6H3/b21-20-,24-23-. The van der Waals surface area contributed by atoms with E-state index in [9.17, 15) is 9.59 Å². The molecule has 0 saturated carbocycles. The van der Waals surface area contributed by atoms with Crippen LogP contribution in [0.15, 0.2) is 24.3 Å². The minimum atomic E-state index is -0.591. The van der Waals surface area contributed by atoms with Gasteiger partial charge in [0.1, 0.15) is 6.10 Å². The fraction of sp³-hybridized carbons (Fsp3) is 0.878. The maximum atomic E-state index is 13.1. The average Bonchev–Trinajstić information content (AvgIpc) is 3.17. The van der Waals surface area contributed by atoms with Gasteiger partial charge in [-0.15, -0.1) is 0 Å². The summed E-state index contributed by atoms with van der Waals surface area (Å²) in [5.74, 6) is 0.629. The van der Waals surface area contributed by atoms with Crippen molar-refractivity contribution in [3.63, 3.8) is 0 Å². The second-order valence-electron chi connectivity index (χ2n) is 16.6. The highest BCUT2D eigenvalue weighted by Gasteiger charge is 2.23. The van der Waals surface area contributed by atoms with Crippen molar-refractivity contribution in [1.82, 2.24) is 4.90 Å². The van der Waals surface area contributed by atoms with Gasteiger partial charge in [0.05, 0.1) is 19.1 Å². The van der Waals surface area contributed by atoms with Crippen LogP contribution in [0.1, 0.15) is 227 Å². The van der Waals surface area contributed by atoms with Crippen molar-refractivity contribution >= 4 is 12.1 Å². The van der Waals surface area contributed by atoms with Gasteiger partial charge in [-0.3, -0.25) is 4.79 Å². The zero-order valence-corrected chi connectivity index (χ0v) is 37.6. The number of ether oxygens (including phenoxy) is 3. The number of unbranched alkanes of at least 4 members (excludes halogenated alkanes) is 17. The first-order valence-electron chi connectivity index (χ1n) is 23.8. The summed E-state index contributed by atoms with van der Waals surface area (Å²) in [4.78, 5) is 27.8. The van der Waals surface area contributed by atoms with Gasteiger partial charge in [-0.1, -0.05) is 180 Å². The Kier molecular flexibility index (Phi) is 40.4. The average molecular weight is 776 g/mol. The predicted octanol–water partition coefficient (Wildman–Crippen LogP) is 15.1. The lowest BCUT2D eigenvalue weighted by Crippen LogP contribution is -2.24. The van der Waals surface area contributed by atoms with E-state index in [-0.39, 0.29) is 18.0 Å². The zero-order valence-electron chi connectivity index (χ0n) is 37.6. The van der Waals surface area contributed by atoms with E-state index in [1.54, 1.807) is 0 Å². The second kappa shape index (κ2) is 41.8. The van der Waals surface area contributed by atoms with E-state index < -0.39 is 6.16 Å². The summed E-state index contributed by atoms with van der Waals surface area (Å²) >= 11 is 0. The van der Waals surface area contributed by atoms with Gasteiger partial charge in [0.2, 0.25) is 0 Å². The van der Waals surface area contributed by atoms with Crippen molar-refractivity contribution in [3.05, 3.63) is 24.3 Å². The van der Waals surface area contributed by atoms with E-state index in [0.717, 1.165) is 70.3 Å². The van der Waals surface area contributed by atoms with Crippen molar-refractivity contribution in [2.75, 3.05) is 33.9 Å². The minimum absolute atomic E-state index is 0.101. The van der Waals surface area contributed by atoms with Gasteiger partial charge in [0.25, 0.3) is 0 Å². The molecule has 0 saturated heterocycles. The number of rotatable bonds is 41. The molecular formula is C49H93NO5. The number of nitrogens with zero attached hydrogens (tertiary/aromatic N) is 1. The van der Waals surface area contributed by atoms with Gasteiger partial charge in [-0.05, 0) is 91.1 Å². The molecule has 0 rings (SSSR count). The SMILES string of the molecule is CCCCC/C=C\C/C=C\CCCC(CCC(CCCCCCC(CCCCCCCC)CCCCCCCC)C(=O)OCC)OC(=O)OCCCN(C)C. The van der Waals surface area contributed by atoms with Crippen molar-refractivity contribution < 1.29 is 23.8 Å². The smallest absolute Gasteiger partial charge is 0.466 e. The first-order valence-corrected chi connectivity index (χ1v) is 23.8. The van der Waals surface area contributed by atoms with Gasteiger partial charge in [-0.25, -0.2) is 4.79 Å². The van der Waals surface area contributed by atoms with E-state index in [4.69, 9.17) is 14.2 Å². The van der Waals surface area contributed by atoms with Gasteiger partial charge in [-0.2, -0.15) is 0 Å². The summed E-state index contributed by atoms with van der Waals surface area (Å²) in [5, 5.41) is 0. The fourth-order valence-corrected chi connectivity index (χ4v) is 7.52. The Morgan fingerprint density at radius 2 is 1.02 bits per heavy atom. The Balaban J connectivity index is 4.97. The molecule has 6 heteroatoms. The predicted molar refractivity (Wildman–Crippen MR) is 237 cm³/mol. The summed E-state index contributed by atoms with van der Waals surface area (Å²) in [7, 11) is 4.02. The number of carbonyl (C=O) groups is 2. The van der Waals surface area contributed by atoms with Crippen molar-refractivity contribution in [3.8, 4) is 0 Å². The summed E-state index contributed by atoms with van der Waals surface area (Å²) in [5.41, 5.74) is 0. The molecule has 0 spiro atoms. The van der Waals surface area contributed by atoms with Crippen LogP contribution in [-0.4, -0.2) is 57.0 Å². The maximum absolute atomic E-state index is 13.1. The number of hydrogen-bond acceptors (Lipinski definition) is 6. The molecule has 0 aliphatic rings. The summed E-state index contributed by atoms with van der Waals surface area (Å²) < 4.78 is 16.8. The third-order valence-electron chi connectivity index (χ3n) is 11.0. The molecule has 0 aromatic rings. The lowest BCUT2D eigenvalue weighted by molar-refractivity contribution is -0.148. The van der Waals surface area contributed by atoms with Crippen LogP contribution in [0.25, 0.3) is 0 Å². The zero-order chi connectivity index (χ0) is 40.5. The highest BCUT2D eigenvalue weighted by atomic mass is 16.7. The summed E-state index contributed by atoms with van der Waals surface area (Å²) in [6, 6.07) is 0. The van der Waals surface area contributed by atoms with E-state index in [2.05, 4.69) is 50.0 Å². The van der Waals surface area contributed by atoms with Crippen LogP contribution in [0.4, 0.5) is 4.79 Å². The second-order valence-corrected chi connectivity index (χ2v) is 16.6. The molecule has 0 fully saturated rings. The van der Waals surface area contributed by atoms with Gasteiger partial charge in [0, 0.05) is 6.54 Å². The molecule has 324 valence electrons. The molecule has 0 aromatic heterocycles. The van der Waals surface area contributed by atoms with E-state index >= 15 is 0 Å². The molecule has 0 aliphatic carbocycles. The van der Waals surface area contributed by atoms with E-state index in [0.29, 0.717) is 26.1 Å². The maximum Gasteiger partial charge on any atom is 0.508 e. The first kappa shape index (κ1) is 53.2. The highest BCUT2D eigenvalue weighted by Crippen LogP contribution is 2.26. The van der Waals surface area contributed by atoms with Crippen LogP contribution in [-0.2, 0) is 19.0 Å². The summed E-state index contributed by atoms with van der Waals surface area (Å²) in [6.07, 6.45) is 45.2. The number of hydrogen-bond donors (Lipinski definition) is 0. The van der Waals surface area contributed by atoms with Crippen molar-refractivity contribution in [2.24, 2.45) is 11.8 Å². The Bertz CT molecular complexity index is 871. The normalized spacial score (nSPS) is 13.0. The van der Waals surface area contributed by atoms with Gasteiger partial charge >= 0.3 is 12.1 Å². The molecular weight excluding hydrogens is 683 g/mol. The van der Waals surface area contributed by atoms with Gasteiger partial charge in [0.15, 0.2) is 0 Å². The Hall–Kier alpha value is -1.82. The Labute approximate surface area is 342 Å². The molecule has 55 heavy (non-hydrogen) atoms. The first-order chi connectivity index (χ1) is 26.9. The van der Waals surface area contributed by atoms with Crippen molar-refractivity contribution in [1.29, 1.82) is 0 Å². The molecule has 0 aromatic carbocycles. The fourth-order valence-electron chi connectivity index (χ4n) is 7.52. The van der Waals surface area contributed by atoms with Crippen molar-refractivity contribution in [2.45, 2.75) is 233 Å². The number of esters is 1. The minimum Gasteiger partial charge on any atom is -0.466 e. The lowest BCUT2D eigenvalue weighted by Gasteiger charge is -2.21. The molecule has 0 N–H and O–H groups in total. The van der Waals surface area contributed by atoms with Crippen LogP contribution in [0, 0.1) is 11.8 Å². The van der Waals surface area contributed by atoms with E-state index in [1.165, 1.54) is 128 Å². The number of carbonyl (C=O) groups excluding carboxylic acids is 2. The molecule has 0 bridgehead atoms. The van der Waals surface area contributed by atoms with Crippen LogP contribution >= 0.6 is 0 Å². The third kappa shape index (κ3) is 37.5. The largest absolute Gasteiger partial charge is 0.508 e. The monoisotopic (exact) mass is 776 g/mol. The molecule has 2 atom stereocenters. The molecule has 0 aliphatic heterocycles. The Morgan fingerprint density at radius 3 is 1.56 bits per heavy atom. The Morgan fingerprint density at radius 1 is 0.509 bits per heavy atom. The highest BCUT2D eigenvalue weighted by molar-refractivity contribution is 5.72. The molecule has 2 unspecified atom stereocenters. The molecule has 6 nitrogen and oxygen atoms in total. The van der Waals surface area contributed by atoms with Crippen LogP contribution in [0.3, 0.4) is 0 Å². The van der Waals surface area contributed by atoms with Gasteiger partial charge < -0.3 is 19.1 Å². The number of allylic oxidation sites excluding steroid dienone is 4. The topological polar surface area (TPSA) is 65.1 Å². The third-order valence-corrected chi connectivity index (χ3v) is 11.0. The molecule has 0 heterocycles. The van der Waals surface area contributed by atoms with Crippen LogP contribution in [0.5, 0.6) is 0 Å². The van der Waals surface area contributed by atoms with E-state index in [1.807, 2.05) is 21.0 Å². The lowest BCUT2D eigenvalue weighted by atomic mass is 9.89. The van der Waals surface area contributed by atoms with Crippen LogP contribution < -0.4 is 0 Å².